The summed E-state index contributed by atoms with van der Waals surface area (Å²) in [6, 6.07) is 0. The number of fused-ring (bicyclic) bond motifs is 2. The predicted molar refractivity (Wildman–Crippen MR) is 48.9 cm³/mol. The fraction of sp³-hybridized carbons (Fsp3) is 0.909. The molecule has 2 aliphatic rings. The highest BCUT2D eigenvalue weighted by Crippen LogP contribution is 2.65. The van der Waals surface area contributed by atoms with E-state index in [0.717, 1.165) is 18.8 Å². The highest BCUT2D eigenvalue weighted by atomic mass is 16.1. The van der Waals surface area contributed by atoms with Gasteiger partial charge in [-0.3, -0.25) is 4.79 Å². The van der Waals surface area contributed by atoms with E-state index in [2.05, 4.69) is 13.8 Å². The Labute approximate surface area is 74.5 Å². The molecule has 0 amide bonds. The van der Waals surface area contributed by atoms with Crippen molar-refractivity contribution in [3.05, 3.63) is 0 Å². The monoisotopic (exact) mass is 166 g/mol. The second-order valence-corrected chi connectivity index (χ2v) is 5.13. The van der Waals surface area contributed by atoms with E-state index >= 15 is 0 Å². The Bertz CT molecular complexity index is 219. The average Bonchev–Trinajstić information content (AvgIpc) is 2.40. The molecule has 0 spiro atoms. The molecule has 0 atom stereocenters. The maximum Gasteiger partial charge on any atom is 0.136 e. The van der Waals surface area contributed by atoms with Crippen LogP contribution in [-0.2, 0) is 4.79 Å². The molecule has 0 aromatic rings. The van der Waals surface area contributed by atoms with Gasteiger partial charge in [-0.05, 0) is 43.9 Å². The maximum absolute atomic E-state index is 11.6. The zero-order chi connectivity index (χ0) is 8.98. The number of hydrogen-bond donors (Lipinski definition) is 0. The molecule has 2 fully saturated rings. The lowest BCUT2D eigenvalue weighted by Crippen LogP contribution is -2.36. The zero-order valence-electron chi connectivity index (χ0n) is 8.31. The molecule has 2 saturated carbocycles. The highest BCUT2D eigenvalue weighted by molar-refractivity contribution is 5.84. The van der Waals surface area contributed by atoms with Crippen molar-refractivity contribution in [3.63, 3.8) is 0 Å². The molecule has 1 heteroatoms. The van der Waals surface area contributed by atoms with Gasteiger partial charge in [-0.2, -0.15) is 0 Å². The van der Waals surface area contributed by atoms with Crippen LogP contribution in [0.15, 0.2) is 0 Å². The molecule has 0 heterocycles. The Kier molecular flexibility index (Phi) is 1.47. The van der Waals surface area contributed by atoms with Crippen LogP contribution >= 0.6 is 0 Å². The summed E-state index contributed by atoms with van der Waals surface area (Å²) in [5.74, 6) is 1.26. The van der Waals surface area contributed by atoms with Gasteiger partial charge in [0.15, 0.2) is 0 Å². The van der Waals surface area contributed by atoms with Crippen molar-refractivity contribution in [2.75, 3.05) is 0 Å². The van der Waals surface area contributed by atoms with Gasteiger partial charge in [-0.25, -0.2) is 0 Å². The largest absolute Gasteiger partial charge is 0.299 e. The average molecular weight is 166 g/mol. The highest BCUT2D eigenvalue weighted by Gasteiger charge is 2.61. The Balaban J connectivity index is 2.43. The van der Waals surface area contributed by atoms with Crippen molar-refractivity contribution in [2.24, 2.45) is 16.7 Å². The maximum atomic E-state index is 11.6. The molecule has 0 saturated heterocycles. The van der Waals surface area contributed by atoms with E-state index in [1.165, 1.54) is 12.8 Å². The molecule has 2 aliphatic carbocycles. The van der Waals surface area contributed by atoms with Crippen LogP contribution in [0.3, 0.4) is 0 Å². The molecule has 0 aromatic carbocycles. The van der Waals surface area contributed by atoms with E-state index in [4.69, 9.17) is 0 Å². The Morgan fingerprint density at radius 2 is 1.75 bits per heavy atom. The van der Waals surface area contributed by atoms with Crippen molar-refractivity contribution in [1.82, 2.24) is 0 Å². The quantitative estimate of drug-likeness (QED) is 0.585. The lowest BCUT2D eigenvalue weighted by Gasteiger charge is -2.35. The number of rotatable bonds is 1. The summed E-state index contributed by atoms with van der Waals surface area (Å²) in [6.45, 7) is 6.37. The second kappa shape index (κ2) is 2.12. The van der Waals surface area contributed by atoms with Crippen LogP contribution in [-0.4, -0.2) is 5.78 Å². The van der Waals surface area contributed by atoms with Gasteiger partial charge in [0, 0.05) is 5.41 Å². The third-order valence-electron chi connectivity index (χ3n) is 4.77. The van der Waals surface area contributed by atoms with Crippen LogP contribution in [0.2, 0.25) is 0 Å². The molecule has 68 valence electrons. The fourth-order valence-corrected chi connectivity index (χ4v) is 3.67. The van der Waals surface area contributed by atoms with Gasteiger partial charge in [0.2, 0.25) is 0 Å². The molecule has 12 heavy (non-hydrogen) atoms. The number of hydrogen-bond acceptors (Lipinski definition) is 1. The van der Waals surface area contributed by atoms with Crippen LogP contribution in [0, 0.1) is 16.7 Å². The second-order valence-electron chi connectivity index (χ2n) is 5.13. The summed E-state index contributed by atoms with van der Waals surface area (Å²) < 4.78 is 0. The van der Waals surface area contributed by atoms with Gasteiger partial charge in [-0.1, -0.05) is 13.8 Å². The van der Waals surface area contributed by atoms with Gasteiger partial charge in [0.25, 0.3) is 0 Å². The number of carbonyl (C=O) groups excluding carboxylic acids is 1. The molecule has 0 unspecified atom stereocenters. The molecule has 0 aliphatic heterocycles. The topological polar surface area (TPSA) is 17.1 Å². The van der Waals surface area contributed by atoms with Crippen LogP contribution in [0.1, 0.15) is 46.5 Å². The number of carbonyl (C=O) groups is 1. The van der Waals surface area contributed by atoms with Crippen LogP contribution in [0.25, 0.3) is 0 Å². The molecule has 2 bridgehead atoms. The van der Waals surface area contributed by atoms with Crippen LogP contribution in [0.5, 0.6) is 0 Å². The smallest absolute Gasteiger partial charge is 0.136 e. The lowest BCUT2D eigenvalue weighted by atomic mass is 9.67. The van der Waals surface area contributed by atoms with E-state index in [-0.39, 0.29) is 5.41 Å². The van der Waals surface area contributed by atoms with Gasteiger partial charge in [0.1, 0.15) is 5.78 Å². The number of Topliss-reactive ketones (excluding diaryl/α,β-unsaturated/α-hetero) is 1. The predicted octanol–water partition coefficient (Wildman–Crippen LogP) is 2.79. The third kappa shape index (κ3) is 0.681. The van der Waals surface area contributed by atoms with Gasteiger partial charge < -0.3 is 0 Å². The van der Waals surface area contributed by atoms with Crippen molar-refractivity contribution in [3.8, 4) is 0 Å². The van der Waals surface area contributed by atoms with Crippen molar-refractivity contribution in [2.45, 2.75) is 46.5 Å². The first kappa shape index (κ1) is 8.28. The van der Waals surface area contributed by atoms with E-state index in [1.807, 2.05) is 0 Å². The Hall–Kier alpha value is -0.330. The SMILES string of the molecule is CC(=O)C12CCC(CC1)C2(C)C. The third-order valence-corrected chi connectivity index (χ3v) is 4.77. The molecular weight excluding hydrogens is 148 g/mol. The number of ketones is 1. The first-order chi connectivity index (χ1) is 5.51. The molecular formula is C11H18O. The molecule has 0 radical (unpaired) electrons. The lowest BCUT2D eigenvalue weighted by molar-refractivity contribution is -0.130. The molecule has 0 aromatic heterocycles. The van der Waals surface area contributed by atoms with Gasteiger partial charge in [0.05, 0.1) is 0 Å². The van der Waals surface area contributed by atoms with E-state index in [1.54, 1.807) is 6.92 Å². The summed E-state index contributed by atoms with van der Waals surface area (Å²) in [5.41, 5.74) is 0.358. The Morgan fingerprint density at radius 3 is 1.92 bits per heavy atom. The molecule has 0 N–H and O–H groups in total. The van der Waals surface area contributed by atoms with Crippen LogP contribution < -0.4 is 0 Å². The van der Waals surface area contributed by atoms with Crippen molar-refractivity contribution in [1.29, 1.82) is 0 Å². The van der Waals surface area contributed by atoms with Crippen LogP contribution in [0.4, 0.5) is 0 Å². The summed E-state index contributed by atoms with van der Waals surface area (Å²) in [7, 11) is 0. The van der Waals surface area contributed by atoms with E-state index in [0.29, 0.717) is 11.2 Å². The van der Waals surface area contributed by atoms with Gasteiger partial charge >= 0.3 is 0 Å². The standard InChI is InChI=1S/C11H18O/c1-8(12)11-6-4-9(5-7-11)10(11,2)3/h9H,4-7H2,1-3H3. The minimum absolute atomic E-state index is 0.0671. The summed E-state index contributed by atoms with van der Waals surface area (Å²) in [5, 5.41) is 0. The summed E-state index contributed by atoms with van der Waals surface area (Å²) in [6.07, 6.45) is 4.87. The first-order valence-electron chi connectivity index (χ1n) is 5.02. The zero-order valence-corrected chi connectivity index (χ0v) is 8.31. The normalized spacial score (nSPS) is 43.4. The fourth-order valence-electron chi connectivity index (χ4n) is 3.67. The first-order valence-corrected chi connectivity index (χ1v) is 5.02. The minimum atomic E-state index is 0.0671. The van der Waals surface area contributed by atoms with Gasteiger partial charge in [-0.15, -0.1) is 0 Å². The van der Waals surface area contributed by atoms with Crippen molar-refractivity contribution < 1.29 is 4.79 Å². The summed E-state index contributed by atoms with van der Waals surface area (Å²) >= 11 is 0. The van der Waals surface area contributed by atoms with E-state index in [9.17, 15) is 4.79 Å². The molecule has 1 nitrogen and oxygen atoms in total. The Morgan fingerprint density at radius 1 is 1.25 bits per heavy atom. The van der Waals surface area contributed by atoms with Crippen molar-refractivity contribution >= 4 is 5.78 Å². The minimum Gasteiger partial charge on any atom is -0.299 e. The van der Waals surface area contributed by atoms with E-state index < -0.39 is 0 Å². The summed E-state index contributed by atoms with van der Waals surface area (Å²) in [4.78, 5) is 11.6. The molecule has 2 rings (SSSR count).